The second kappa shape index (κ2) is 11.1. The molecule has 0 amide bonds. The summed E-state index contributed by atoms with van der Waals surface area (Å²) in [6, 6.07) is 18.3. The number of para-hydroxylation sites is 1. The molecule has 9 heteroatoms. The summed E-state index contributed by atoms with van der Waals surface area (Å²) in [5.74, 6) is 0.518. The van der Waals surface area contributed by atoms with Gasteiger partial charge in [0.2, 0.25) is 0 Å². The lowest BCUT2D eigenvalue weighted by atomic mass is 9.86. The Balaban J connectivity index is 1.52. The molecule has 0 aliphatic rings. The van der Waals surface area contributed by atoms with Crippen molar-refractivity contribution < 1.29 is 0 Å². The van der Waals surface area contributed by atoms with Crippen LogP contribution in [0.3, 0.4) is 0 Å². The number of aromatic nitrogens is 7. The number of aryl methyl sites for hydroxylation is 1. The molecule has 0 fully saturated rings. The van der Waals surface area contributed by atoms with E-state index in [1.54, 1.807) is 6.20 Å². The van der Waals surface area contributed by atoms with Crippen molar-refractivity contribution in [3.8, 4) is 28.3 Å². The van der Waals surface area contributed by atoms with E-state index in [-0.39, 0.29) is 11.1 Å². The Hall–Kier alpha value is -3.85. The van der Waals surface area contributed by atoms with E-state index >= 15 is 0 Å². The average molecular weight is 587 g/mol. The van der Waals surface area contributed by atoms with Gasteiger partial charge < -0.3 is 0 Å². The Morgan fingerprint density at radius 3 is 2.51 bits per heavy atom. The van der Waals surface area contributed by atoms with Gasteiger partial charge in [-0.05, 0) is 73.4 Å². The second-order valence-corrected chi connectivity index (χ2v) is 11.5. The van der Waals surface area contributed by atoms with Crippen LogP contribution in [0, 0.1) is 0 Å². The van der Waals surface area contributed by atoms with Gasteiger partial charge in [0, 0.05) is 28.1 Å². The number of unbranched alkanes of at least 4 members (excludes halogenated alkanes) is 1. The number of pyridine rings is 1. The van der Waals surface area contributed by atoms with Crippen LogP contribution in [-0.2, 0) is 18.4 Å². The number of nitrogens with zero attached hydrogens (tertiary/aromatic N) is 6. The highest BCUT2D eigenvalue weighted by atomic mass is 79.9. The minimum Gasteiger partial charge on any atom is -0.292 e. The molecular formula is C30H32BrN7O. The first-order chi connectivity index (χ1) is 18.8. The monoisotopic (exact) mass is 585 g/mol. The Labute approximate surface area is 236 Å². The Kier molecular flexibility index (Phi) is 7.61. The van der Waals surface area contributed by atoms with Crippen LogP contribution < -0.4 is 5.69 Å². The van der Waals surface area contributed by atoms with Crippen molar-refractivity contribution in [3.63, 3.8) is 0 Å². The highest BCUT2D eigenvalue weighted by molar-refractivity contribution is 9.10. The van der Waals surface area contributed by atoms with E-state index in [4.69, 9.17) is 0 Å². The molecule has 0 bridgehead atoms. The molecular weight excluding hydrogens is 554 g/mol. The standard InChI is InChI=1S/C30H32BrN7O/c1-5-6-9-22-19-38(27-24(30(2,3)4)11-7-12-25(27)31)29(39)37(22)18-20-13-15-21(16-14-20)23-10-8-17-32-26(23)28-33-35-36-34-28/h7-8,10-17,19H,5-6,9,18H2,1-4H3,(H,33,34,35,36). The largest absolute Gasteiger partial charge is 0.333 e. The minimum absolute atomic E-state index is 0.0325. The van der Waals surface area contributed by atoms with Crippen molar-refractivity contribution in [1.82, 2.24) is 34.7 Å². The molecule has 3 aromatic heterocycles. The van der Waals surface area contributed by atoms with Crippen molar-refractivity contribution in [2.24, 2.45) is 0 Å². The Morgan fingerprint density at radius 1 is 1.03 bits per heavy atom. The number of H-pyrrole nitrogens is 1. The van der Waals surface area contributed by atoms with Crippen LogP contribution in [0.2, 0.25) is 0 Å². The van der Waals surface area contributed by atoms with Gasteiger partial charge in [-0.1, -0.05) is 76.6 Å². The summed E-state index contributed by atoms with van der Waals surface area (Å²) in [7, 11) is 0. The predicted molar refractivity (Wildman–Crippen MR) is 157 cm³/mol. The van der Waals surface area contributed by atoms with Gasteiger partial charge in [-0.25, -0.2) is 9.89 Å². The van der Waals surface area contributed by atoms with Crippen LogP contribution >= 0.6 is 15.9 Å². The minimum atomic E-state index is -0.118. The number of benzene rings is 2. The second-order valence-electron chi connectivity index (χ2n) is 10.7. The SMILES string of the molecule is CCCCc1cn(-c2c(Br)cccc2C(C)(C)C)c(=O)n1Cc1ccc(-c2cccnc2-c2nnn[nH]2)cc1. The van der Waals surface area contributed by atoms with Gasteiger partial charge in [0.25, 0.3) is 0 Å². The number of tetrazole rings is 1. The number of nitrogens with one attached hydrogen (secondary N) is 1. The zero-order valence-corrected chi connectivity index (χ0v) is 24.2. The molecule has 200 valence electrons. The zero-order chi connectivity index (χ0) is 27.6. The first kappa shape index (κ1) is 26.7. The summed E-state index contributed by atoms with van der Waals surface area (Å²) in [4.78, 5) is 18.4. The number of hydrogen-bond acceptors (Lipinski definition) is 5. The molecule has 3 heterocycles. The van der Waals surface area contributed by atoms with Crippen molar-refractivity contribution in [2.45, 2.75) is 58.9 Å². The third-order valence-corrected chi connectivity index (χ3v) is 7.51. The molecule has 0 aliphatic heterocycles. The number of aromatic amines is 1. The zero-order valence-electron chi connectivity index (χ0n) is 22.6. The van der Waals surface area contributed by atoms with Gasteiger partial charge in [0.05, 0.1) is 12.2 Å². The first-order valence-electron chi connectivity index (χ1n) is 13.2. The highest BCUT2D eigenvalue weighted by Crippen LogP contribution is 2.33. The summed E-state index contributed by atoms with van der Waals surface area (Å²) >= 11 is 3.73. The molecule has 8 nitrogen and oxygen atoms in total. The molecule has 5 rings (SSSR count). The van der Waals surface area contributed by atoms with Crippen LogP contribution in [-0.4, -0.2) is 34.7 Å². The van der Waals surface area contributed by atoms with E-state index < -0.39 is 0 Å². The molecule has 0 saturated heterocycles. The fourth-order valence-corrected chi connectivity index (χ4v) is 5.39. The third-order valence-electron chi connectivity index (χ3n) is 6.87. The van der Waals surface area contributed by atoms with E-state index in [0.29, 0.717) is 18.1 Å². The molecule has 5 aromatic rings. The lowest BCUT2D eigenvalue weighted by Crippen LogP contribution is -2.27. The van der Waals surface area contributed by atoms with Crippen molar-refractivity contribution in [1.29, 1.82) is 0 Å². The summed E-state index contributed by atoms with van der Waals surface area (Å²) < 4.78 is 4.64. The summed E-state index contributed by atoms with van der Waals surface area (Å²) in [6.45, 7) is 9.18. The summed E-state index contributed by atoms with van der Waals surface area (Å²) in [6.07, 6.45) is 6.67. The van der Waals surface area contributed by atoms with E-state index in [2.05, 4.69) is 99.6 Å². The van der Waals surface area contributed by atoms with E-state index in [1.807, 2.05) is 39.6 Å². The van der Waals surface area contributed by atoms with Crippen molar-refractivity contribution >= 4 is 15.9 Å². The molecule has 0 saturated carbocycles. The smallest absolute Gasteiger partial charge is 0.292 e. The molecule has 0 radical (unpaired) electrons. The fourth-order valence-electron chi connectivity index (χ4n) is 4.84. The number of imidazole rings is 1. The number of hydrogen-bond donors (Lipinski definition) is 1. The van der Waals surface area contributed by atoms with Crippen molar-refractivity contribution in [3.05, 3.63) is 98.8 Å². The van der Waals surface area contributed by atoms with Crippen LogP contribution in [0.25, 0.3) is 28.3 Å². The van der Waals surface area contributed by atoms with E-state index in [0.717, 1.165) is 57.4 Å². The molecule has 0 atom stereocenters. The molecule has 2 aromatic carbocycles. The van der Waals surface area contributed by atoms with Gasteiger partial charge in [-0.15, -0.1) is 5.10 Å². The van der Waals surface area contributed by atoms with Gasteiger partial charge in [-0.3, -0.25) is 14.1 Å². The predicted octanol–water partition coefficient (Wildman–Crippen LogP) is 6.33. The lowest BCUT2D eigenvalue weighted by molar-refractivity contribution is 0.584. The van der Waals surface area contributed by atoms with Gasteiger partial charge in [0.1, 0.15) is 5.69 Å². The number of halogens is 1. The molecule has 0 spiro atoms. The fraction of sp³-hybridized carbons (Fsp3) is 0.300. The van der Waals surface area contributed by atoms with Crippen molar-refractivity contribution in [2.75, 3.05) is 0 Å². The van der Waals surface area contributed by atoms with E-state index in [9.17, 15) is 4.79 Å². The topological polar surface area (TPSA) is 94.3 Å². The van der Waals surface area contributed by atoms with E-state index in [1.165, 1.54) is 0 Å². The maximum atomic E-state index is 13.9. The third kappa shape index (κ3) is 5.49. The maximum absolute atomic E-state index is 13.9. The van der Waals surface area contributed by atoms with Crippen LogP contribution in [0.1, 0.15) is 57.4 Å². The lowest BCUT2D eigenvalue weighted by Gasteiger charge is -2.23. The molecule has 0 unspecified atom stereocenters. The Morgan fingerprint density at radius 2 is 1.82 bits per heavy atom. The molecule has 39 heavy (non-hydrogen) atoms. The van der Waals surface area contributed by atoms with Crippen LogP contribution in [0.15, 0.2) is 76.3 Å². The normalized spacial score (nSPS) is 11.7. The van der Waals surface area contributed by atoms with Gasteiger partial charge in [0.15, 0.2) is 5.82 Å². The van der Waals surface area contributed by atoms with Gasteiger partial charge >= 0.3 is 5.69 Å². The Bertz CT molecular complexity index is 1630. The summed E-state index contributed by atoms with van der Waals surface area (Å²) in [5, 5.41) is 14.2. The van der Waals surface area contributed by atoms with Crippen LogP contribution in [0.4, 0.5) is 0 Å². The maximum Gasteiger partial charge on any atom is 0.333 e. The van der Waals surface area contributed by atoms with Crippen LogP contribution in [0.5, 0.6) is 0 Å². The number of rotatable bonds is 8. The summed E-state index contributed by atoms with van der Waals surface area (Å²) in [5.41, 5.74) is 6.58. The molecule has 0 aliphatic carbocycles. The highest BCUT2D eigenvalue weighted by Gasteiger charge is 2.23. The molecule has 1 N–H and O–H groups in total. The first-order valence-corrected chi connectivity index (χ1v) is 14.0. The average Bonchev–Trinajstić information content (AvgIpc) is 3.56. The van der Waals surface area contributed by atoms with Gasteiger partial charge in [-0.2, -0.15) is 0 Å². The quantitative estimate of drug-likeness (QED) is 0.229.